The fraction of sp³-hybridized carbons (Fsp3) is 0.500. The van der Waals surface area contributed by atoms with E-state index in [0.717, 1.165) is 36.6 Å². The molecule has 1 unspecified atom stereocenters. The number of para-hydroxylation sites is 2. The summed E-state index contributed by atoms with van der Waals surface area (Å²) in [4.78, 5) is 28.0. The Morgan fingerprint density at radius 1 is 1.12 bits per heavy atom. The lowest BCUT2D eigenvalue weighted by atomic mass is 10.2. The van der Waals surface area contributed by atoms with Crippen molar-refractivity contribution in [1.29, 1.82) is 0 Å². The van der Waals surface area contributed by atoms with Gasteiger partial charge in [-0.15, -0.1) is 0 Å². The Morgan fingerprint density at radius 3 is 2.09 bits per heavy atom. The first kappa shape index (κ1) is 27.2. The van der Waals surface area contributed by atoms with Gasteiger partial charge in [0.2, 0.25) is 0 Å². The Balaban J connectivity index is 0.000000305. The van der Waals surface area contributed by atoms with Gasteiger partial charge in [0, 0.05) is 13.2 Å². The highest BCUT2D eigenvalue weighted by Gasteiger charge is 2.38. The molecule has 3 N–H and O–H groups in total. The van der Waals surface area contributed by atoms with Gasteiger partial charge >= 0.3 is 24.3 Å². The lowest BCUT2D eigenvalue weighted by molar-refractivity contribution is -0.193. The van der Waals surface area contributed by atoms with E-state index in [1.807, 2.05) is 18.2 Å². The minimum Gasteiger partial charge on any atom is -0.475 e. The van der Waals surface area contributed by atoms with Crippen LogP contribution in [0.1, 0.15) is 18.7 Å². The minimum absolute atomic E-state index is 0.402. The molecule has 8 nitrogen and oxygen atoms in total. The van der Waals surface area contributed by atoms with E-state index in [1.54, 1.807) is 0 Å². The van der Waals surface area contributed by atoms with Crippen molar-refractivity contribution >= 4 is 23.0 Å². The van der Waals surface area contributed by atoms with Crippen LogP contribution >= 0.6 is 0 Å². The zero-order valence-electron chi connectivity index (χ0n) is 16.7. The van der Waals surface area contributed by atoms with Gasteiger partial charge in [-0.25, -0.2) is 14.6 Å². The highest BCUT2D eigenvalue weighted by atomic mass is 19.4. The topological polar surface area (TPSA) is 116 Å². The predicted molar refractivity (Wildman–Crippen MR) is 98.8 cm³/mol. The van der Waals surface area contributed by atoms with Crippen LogP contribution in [0.5, 0.6) is 0 Å². The van der Waals surface area contributed by atoms with Gasteiger partial charge in [0.25, 0.3) is 0 Å². The number of nitrogens with zero attached hydrogens (tertiary/aromatic N) is 2. The number of carboxylic acids is 2. The van der Waals surface area contributed by atoms with Gasteiger partial charge in [-0.05, 0) is 32.0 Å². The zero-order chi connectivity index (χ0) is 24.5. The molecule has 180 valence electrons. The summed E-state index contributed by atoms with van der Waals surface area (Å²) in [5, 5.41) is 14.2. The van der Waals surface area contributed by atoms with Gasteiger partial charge in [-0.1, -0.05) is 12.1 Å². The van der Waals surface area contributed by atoms with Crippen molar-refractivity contribution < 1.29 is 50.9 Å². The SMILES string of the molecule is CN(Cc1nc2ccccc2[nH]1)CC1CCCO1.O=C(O)C(F)(F)F.O=C(O)C(F)(F)F. The molecule has 0 radical (unpaired) electrons. The Morgan fingerprint density at radius 2 is 1.66 bits per heavy atom. The molecule has 1 fully saturated rings. The van der Waals surface area contributed by atoms with E-state index in [0.29, 0.717) is 6.10 Å². The second kappa shape index (κ2) is 11.7. The molecule has 1 saturated heterocycles. The molecule has 0 amide bonds. The van der Waals surface area contributed by atoms with Gasteiger partial charge in [-0.3, -0.25) is 4.90 Å². The number of hydrogen-bond acceptors (Lipinski definition) is 5. The van der Waals surface area contributed by atoms with Gasteiger partial charge in [0.05, 0.1) is 23.7 Å². The second-order valence-electron chi connectivity index (χ2n) is 6.64. The van der Waals surface area contributed by atoms with E-state index in [1.165, 1.54) is 12.8 Å². The van der Waals surface area contributed by atoms with E-state index >= 15 is 0 Å². The normalized spacial score (nSPS) is 16.2. The number of halogens is 6. The molecule has 2 heterocycles. The highest BCUT2D eigenvalue weighted by Crippen LogP contribution is 2.15. The van der Waals surface area contributed by atoms with Crippen molar-refractivity contribution in [3.63, 3.8) is 0 Å². The summed E-state index contributed by atoms with van der Waals surface area (Å²) in [5.74, 6) is -4.49. The number of imidazole rings is 1. The number of ether oxygens (including phenoxy) is 1. The van der Waals surface area contributed by atoms with Crippen LogP contribution in [0.3, 0.4) is 0 Å². The van der Waals surface area contributed by atoms with Gasteiger partial charge in [0.1, 0.15) is 5.82 Å². The molecule has 32 heavy (non-hydrogen) atoms. The molecule has 0 bridgehead atoms. The minimum atomic E-state index is -5.08. The van der Waals surface area contributed by atoms with Crippen LogP contribution in [0.25, 0.3) is 11.0 Å². The third kappa shape index (κ3) is 9.96. The second-order valence-corrected chi connectivity index (χ2v) is 6.64. The first-order valence-electron chi connectivity index (χ1n) is 9.04. The number of likely N-dealkylation sites (N-methyl/N-ethyl adjacent to an activating group) is 1. The summed E-state index contributed by atoms with van der Waals surface area (Å²) < 4.78 is 69.1. The largest absolute Gasteiger partial charge is 0.490 e. The van der Waals surface area contributed by atoms with Crippen LogP contribution in [-0.4, -0.2) is 75.7 Å². The zero-order valence-corrected chi connectivity index (χ0v) is 16.7. The number of alkyl halides is 6. The van der Waals surface area contributed by atoms with E-state index < -0.39 is 24.3 Å². The number of H-pyrrole nitrogens is 1. The van der Waals surface area contributed by atoms with Crippen molar-refractivity contribution in [2.75, 3.05) is 20.2 Å². The molecule has 3 rings (SSSR count). The molecule has 1 aliphatic heterocycles. The number of carbonyl (C=O) groups is 2. The average Bonchev–Trinajstić information content (AvgIpc) is 3.29. The fourth-order valence-corrected chi connectivity index (χ4v) is 2.54. The third-order valence-electron chi connectivity index (χ3n) is 3.88. The molecule has 14 heteroatoms. The van der Waals surface area contributed by atoms with Crippen LogP contribution in [0.15, 0.2) is 24.3 Å². The summed E-state index contributed by atoms with van der Waals surface area (Å²) in [5.41, 5.74) is 2.15. The first-order valence-corrected chi connectivity index (χ1v) is 9.04. The van der Waals surface area contributed by atoms with Crippen molar-refractivity contribution in [3.8, 4) is 0 Å². The van der Waals surface area contributed by atoms with E-state index in [-0.39, 0.29) is 0 Å². The van der Waals surface area contributed by atoms with Crippen LogP contribution in [0.2, 0.25) is 0 Å². The maximum Gasteiger partial charge on any atom is 0.490 e. The summed E-state index contributed by atoms with van der Waals surface area (Å²) in [6, 6.07) is 8.14. The summed E-state index contributed by atoms with van der Waals surface area (Å²) in [6.45, 7) is 2.74. The molecular weight excluding hydrogens is 452 g/mol. The first-order chi connectivity index (χ1) is 14.7. The Bertz CT molecular complexity index is 821. The number of aromatic amines is 1. The summed E-state index contributed by atoms with van der Waals surface area (Å²) in [6.07, 6.45) is -7.38. The van der Waals surface area contributed by atoms with Gasteiger partial charge < -0.3 is 19.9 Å². The quantitative estimate of drug-likeness (QED) is 0.583. The van der Waals surface area contributed by atoms with E-state index in [2.05, 4.69) is 28.0 Å². The smallest absolute Gasteiger partial charge is 0.475 e. The highest BCUT2D eigenvalue weighted by molar-refractivity contribution is 5.74. The molecule has 0 aliphatic carbocycles. The number of hydrogen-bond donors (Lipinski definition) is 3. The molecule has 0 spiro atoms. The summed E-state index contributed by atoms with van der Waals surface area (Å²) in [7, 11) is 2.12. The lowest BCUT2D eigenvalue weighted by Crippen LogP contribution is -2.28. The summed E-state index contributed by atoms with van der Waals surface area (Å²) >= 11 is 0. The number of benzene rings is 1. The molecule has 1 atom stereocenters. The number of fused-ring (bicyclic) bond motifs is 1. The Hall–Kier alpha value is -2.87. The van der Waals surface area contributed by atoms with Crippen molar-refractivity contribution in [2.24, 2.45) is 0 Å². The molecule has 1 aliphatic rings. The molecule has 1 aromatic heterocycles. The number of rotatable bonds is 4. The monoisotopic (exact) mass is 473 g/mol. The van der Waals surface area contributed by atoms with Crippen LogP contribution in [0, 0.1) is 0 Å². The van der Waals surface area contributed by atoms with Gasteiger partial charge in [-0.2, -0.15) is 26.3 Å². The van der Waals surface area contributed by atoms with Crippen LogP contribution < -0.4 is 0 Å². The van der Waals surface area contributed by atoms with E-state index in [4.69, 9.17) is 24.5 Å². The molecule has 2 aromatic rings. The molecule has 0 saturated carbocycles. The van der Waals surface area contributed by atoms with Crippen LogP contribution in [-0.2, 0) is 20.9 Å². The number of nitrogens with one attached hydrogen (secondary N) is 1. The Kier molecular flexibility index (Phi) is 9.90. The maximum absolute atomic E-state index is 10.6. The predicted octanol–water partition coefficient (Wildman–Crippen LogP) is 3.44. The molecule has 1 aromatic carbocycles. The molecular formula is C18H21F6N3O5. The Labute approximate surface area is 177 Å². The van der Waals surface area contributed by atoms with Gasteiger partial charge in [0.15, 0.2) is 0 Å². The number of carboxylic acid groups (broad SMARTS) is 2. The standard InChI is InChI=1S/C14H19N3O.2C2HF3O2/c1-17(9-11-5-4-8-18-11)10-14-15-12-6-2-3-7-13(12)16-14;2*3-2(4,5)1(6)7/h2-3,6-7,11H,4-5,8-10H2,1H3,(H,15,16);2*(H,6,7). The van der Waals surface area contributed by atoms with Crippen molar-refractivity contribution in [3.05, 3.63) is 30.1 Å². The average molecular weight is 473 g/mol. The lowest BCUT2D eigenvalue weighted by Gasteiger charge is -2.19. The number of aliphatic carboxylic acids is 2. The third-order valence-corrected chi connectivity index (χ3v) is 3.88. The van der Waals surface area contributed by atoms with Crippen molar-refractivity contribution in [1.82, 2.24) is 14.9 Å². The van der Waals surface area contributed by atoms with Crippen molar-refractivity contribution in [2.45, 2.75) is 37.8 Å². The number of aromatic nitrogens is 2. The fourth-order valence-electron chi connectivity index (χ4n) is 2.54. The van der Waals surface area contributed by atoms with E-state index in [9.17, 15) is 26.3 Å². The van der Waals surface area contributed by atoms with Crippen LogP contribution in [0.4, 0.5) is 26.3 Å². The maximum atomic E-state index is 10.6.